The molecule has 1 atom stereocenters. The molecule has 0 fully saturated rings. The summed E-state index contributed by atoms with van der Waals surface area (Å²) in [5.74, 6) is -0.334. The van der Waals surface area contributed by atoms with Gasteiger partial charge in [0.1, 0.15) is 11.5 Å². The van der Waals surface area contributed by atoms with Crippen molar-refractivity contribution in [3.8, 4) is 11.5 Å². The van der Waals surface area contributed by atoms with Crippen molar-refractivity contribution in [3.63, 3.8) is 0 Å². The molecule has 0 spiro atoms. The normalized spacial score (nSPS) is 20.4. The number of anilines is 1. The minimum atomic E-state index is -1.90. The summed E-state index contributed by atoms with van der Waals surface area (Å²) < 4.78 is 5.00. The number of phenolic OH excluding ortho intramolecular Hbond substituents is 1. The molecule has 5 heteroatoms. The lowest BCUT2D eigenvalue weighted by Crippen LogP contribution is -2.35. The molecule has 102 valence electrons. The molecule has 0 radical (unpaired) electrons. The Morgan fingerprint density at radius 3 is 2.60 bits per heavy atom. The average molecular weight is 271 g/mol. The second-order valence-electron chi connectivity index (χ2n) is 4.59. The van der Waals surface area contributed by atoms with Crippen LogP contribution in [-0.4, -0.2) is 23.2 Å². The second kappa shape index (κ2) is 4.25. The van der Waals surface area contributed by atoms with E-state index in [1.54, 1.807) is 30.3 Å². The summed E-state index contributed by atoms with van der Waals surface area (Å²) in [7, 11) is 1.47. The van der Waals surface area contributed by atoms with E-state index in [-0.39, 0.29) is 11.3 Å². The molecule has 1 unspecified atom stereocenters. The Hall–Kier alpha value is -2.53. The molecule has 3 N–H and O–H groups in total. The third kappa shape index (κ3) is 1.57. The van der Waals surface area contributed by atoms with Crippen LogP contribution < -0.4 is 10.1 Å². The third-order valence-corrected chi connectivity index (χ3v) is 3.49. The fraction of sp³-hybridized carbons (Fsp3) is 0.133. The van der Waals surface area contributed by atoms with Crippen LogP contribution in [0.2, 0.25) is 0 Å². The molecule has 0 aliphatic carbocycles. The first-order valence-corrected chi connectivity index (χ1v) is 6.08. The van der Waals surface area contributed by atoms with Gasteiger partial charge in [-0.15, -0.1) is 0 Å². The molecule has 3 rings (SSSR count). The lowest BCUT2D eigenvalue weighted by molar-refractivity contribution is -0.129. The van der Waals surface area contributed by atoms with Crippen LogP contribution in [0.1, 0.15) is 11.1 Å². The molecule has 1 amide bonds. The van der Waals surface area contributed by atoms with Crippen LogP contribution in [0.5, 0.6) is 11.5 Å². The van der Waals surface area contributed by atoms with Crippen molar-refractivity contribution >= 4 is 11.6 Å². The van der Waals surface area contributed by atoms with Crippen molar-refractivity contribution in [1.82, 2.24) is 0 Å². The maximum atomic E-state index is 12.2. The van der Waals surface area contributed by atoms with Crippen LogP contribution in [0.15, 0.2) is 42.5 Å². The second-order valence-corrected chi connectivity index (χ2v) is 4.59. The fourth-order valence-electron chi connectivity index (χ4n) is 2.45. The van der Waals surface area contributed by atoms with Crippen LogP contribution in [0, 0.1) is 0 Å². The van der Waals surface area contributed by atoms with E-state index in [4.69, 9.17) is 4.74 Å². The number of hydrogen-bond acceptors (Lipinski definition) is 4. The van der Waals surface area contributed by atoms with Crippen molar-refractivity contribution in [2.75, 3.05) is 12.4 Å². The van der Waals surface area contributed by atoms with Crippen molar-refractivity contribution in [3.05, 3.63) is 53.6 Å². The number of carbonyl (C=O) groups is 1. The van der Waals surface area contributed by atoms with Gasteiger partial charge in [0.2, 0.25) is 0 Å². The highest BCUT2D eigenvalue weighted by atomic mass is 16.5. The van der Waals surface area contributed by atoms with E-state index in [1.807, 2.05) is 0 Å². The molecule has 2 aromatic carbocycles. The Labute approximate surface area is 115 Å². The van der Waals surface area contributed by atoms with Crippen molar-refractivity contribution in [2.45, 2.75) is 5.60 Å². The van der Waals surface area contributed by atoms with Crippen molar-refractivity contribution < 1.29 is 19.7 Å². The van der Waals surface area contributed by atoms with Crippen LogP contribution in [0.4, 0.5) is 5.69 Å². The lowest BCUT2D eigenvalue weighted by atomic mass is 9.87. The van der Waals surface area contributed by atoms with Gasteiger partial charge in [-0.25, -0.2) is 0 Å². The minimum absolute atomic E-state index is 0.126. The zero-order chi connectivity index (χ0) is 14.3. The van der Waals surface area contributed by atoms with Crippen LogP contribution in [0.25, 0.3) is 0 Å². The number of ether oxygens (including phenoxy) is 1. The van der Waals surface area contributed by atoms with Gasteiger partial charge in [-0.2, -0.15) is 0 Å². The first kappa shape index (κ1) is 12.5. The number of methoxy groups -OCH3 is 1. The molecule has 1 aliphatic heterocycles. The lowest BCUT2D eigenvalue weighted by Gasteiger charge is -2.22. The number of rotatable bonds is 2. The molecule has 0 bridgehead atoms. The zero-order valence-electron chi connectivity index (χ0n) is 10.8. The van der Waals surface area contributed by atoms with Gasteiger partial charge in [-0.1, -0.05) is 18.2 Å². The first-order valence-electron chi connectivity index (χ1n) is 6.08. The number of phenols is 1. The Balaban J connectivity index is 2.20. The first-order chi connectivity index (χ1) is 9.57. The standard InChI is InChI=1S/C15H13NO4/c1-20-9-6-7-11(13(17)8-9)15(19)10-4-2-3-5-12(10)16-14(15)18/h2-8,17,19H,1H3,(H,16,18). The van der Waals surface area contributed by atoms with Crippen LogP contribution in [-0.2, 0) is 10.4 Å². The molecule has 2 aromatic rings. The third-order valence-electron chi connectivity index (χ3n) is 3.49. The quantitative estimate of drug-likeness (QED) is 0.775. The molecular weight excluding hydrogens is 258 g/mol. The molecule has 0 saturated heterocycles. The fourth-order valence-corrected chi connectivity index (χ4v) is 2.45. The number of fused-ring (bicyclic) bond motifs is 1. The summed E-state index contributed by atoms with van der Waals surface area (Å²) in [6.07, 6.45) is 0. The summed E-state index contributed by atoms with van der Waals surface area (Å²) >= 11 is 0. The Morgan fingerprint density at radius 2 is 1.90 bits per heavy atom. The number of hydrogen-bond donors (Lipinski definition) is 3. The number of carbonyl (C=O) groups excluding carboxylic acids is 1. The minimum Gasteiger partial charge on any atom is -0.507 e. The predicted molar refractivity (Wildman–Crippen MR) is 72.7 cm³/mol. The number of amides is 1. The predicted octanol–water partition coefficient (Wildman–Crippen LogP) is 1.59. The van der Waals surface area contributed by atoms with Gasteiger partial charge < -0.3 is 20.3 Å². The van der Waals surface area contributed by atoms with E-state index in [9.17, 15) is 15.0 Å². The highest BCUT2D eigenvalue weighted by Gasteiger charge is 2.48. The Kier molecular flexibility index (Phi) is 2.65. The highest BCUT2D eigenvalue weighted by molar-refractivity contribution is 6.07. The maximum Gasteiger partial charge on any atom is 0.266 e. The van der Waals surface area contributed by atoms with E-state index >= 15 is 0 Å². The largest absolute Gasteiger partial charge is 0.507 e. The number of aliphatic hydroxyl groups is 1. The van der Waals surface area contributed by atoms with E-state index in [2.05, 4.69) is 5.32 Å². The van der Waals surface area contributed by atoms with Crippen molar-refractivity contribution in [2.24, 2.45) is 0 Å². The number of para-hydroxylation sites is 1. The number of nitrogens with one attached hydrogen (secondary N) is 1. The van der Waals surface area contributed by atoms with Crippen LogP contribution >= 0.6 is 0 Å². The Morgan fingerprint density at radius 1 is 1.15 bits per heavy atom. The summed E-state index contributed by atoms with van der Waals surface area (Å²) in [4.78, 5) is 12.2. The van der Waals surface area contributed by atoms with E-state index in [1.165, 1.54) is 19.2 Å². The van der Waals surface area contributed by atoms with Gasteiger partial charge in [0, 0.05) is 22.9 Å². The molecule has 20 heavy (non-hydrogen) atoms. The Bertz CT molecular complexity index is 698. The molecule has 0 aromatic heterocycles. The van der Waals surface area contributed by atoms with Crippen LogP contribution in [0.3, 0.4) is 0 Å². The zero-order valence-corrected chi connectivity index (χ0v) is 10.8. The van der Waals surface area contributed by atoms with Crippen molar-refractivity contribution in [1.29, 1.82) is 0 Å². The summed E-state index contributed by atoms with van der Waals surface area (Å²) in [5, 5.41) is 23.5. The van der Waals surface area contributed by atoms with Gasteiger partial charge in [0.05, 0.1) is 7.11 Å². The maximum absolute atomic E-state index is 12.2. The van der Waals surface area contributed by atoms with Gasteiger partial charge in [-0.3, -0.25) is 4.79 Å². The van der Waals surface area contributed by atoms with Gasteiger partial charge in [-0.05, 0) is 18.2 Å². The average Bonchev–Trinajstić information content (AvgIpc) is 2.71. The molecule has 1 heterocycles. The van der Waals surface area contributed by atoms with E-state index < -0.39 is 11.5 Å². The SMILES string of the molecule is COc1ccc(C2(O)C(=O)Nc3ccccc32)c(O)c1. The molecule has 5 nitrogen and oxygen atoms in total. The van der Waals surface area contributed by atoms with E-state index in [0.717, 1.165) is 0 Å². The summed E-state index contributed by atoms with van der Waals surface area (Å²) in [6, 6.07) is 11.3. The monoisotopic (exact) mass is 271 g/mol. The molecule has 1 aliphatic rings. The highest BCUT2D eigenvalue weighted by Crippen LogP contribution is 2.44. The number of benzene rings is 2. The van der Waals surface area contributed by atoms with Gasteiger partial charge in [0.15, 0.2) is 5.60 Å². The number of aromatic hydroxyl groups is 1. The topological polar surface area (TPSA) is 78.8 Å². The summed E-state index contributed by atoms with van der Waals surface area (Å²) in [6.45, 7) is 0. The summed E-state index contributed by atoms with van der Waals surface area (Å²) in [5.41, 5.74) is -0.811. The molecular formula is C15H13NO4. The smallest absolute Gasteiger partial charge is 0.266 e. The van der Waals surface area contributed by atoms with Gasteiger partial charge in [0.25, 0.3) is 5.91 Å². The van der Waals surface area contributed by atoms with E-state index in [0.29, 0.717) is 17.0 Å². The molecule has 0 saturated carbocycles. The van der Waals surface area contributed by atoms with Gasteiger partial charge >= 0.3 is 0 Å².